The first kappa shape index (κ1) is 59.1. The smallest absolute Gasteiger partial charge is 0.244 e. The lowest BCUT2D eigenvalue weighted by atomic mass is 10.0. The molecular weight excluding hydrogens is 1050 g/mol. The first-order valence-electron chi connectivity index (χ1n) is 25.3. The van der Waals surface area contributed by atoms with Crippen LogP contribution in [0.25, 0.3) is 10.9 Å². The van der Waals surface area contributed by atoms with Crippen molar-refractivity contribution in [2.24, 2.45) is 22.2 Å². The molecule has 0 aliphatic carbocycles. The van der Waals surface area contributed by atoms with Crippen LogP contribution in [-0.4, -0.2) is 153 Å². The second-order valence-electron chi connectivity index (χ2n) is 18.7. The fourth-order valence-corrected chi connectivity index (χ4v) is 10.9. The summed E-state index contributed by atoms with van der Waals surface area (Å²) in [7, 11) is 2.05. The quantitative estimate of drug-likeness (QED) is 0.0300. The van der Waals surface area contributed by atoms with Gasteiger partial charge in [-0.05, 0) is 49.3 Å². The number of nitrogens with one attached hydrogen (secondary N) is 11. The van der Waals surface area contributed by atoms with Crippen LogP contribution in [0.5, 0.6) is 0 Å². The summed E-state index contributed by atoms with van der Waals surface area (Å²) >= 11 is 0. The molecule has 2 fully saturated rings. The first-order valence-corrected chi connectivity index (χ1v) is 27.7. The Morgan fingerprint density at radius 3 is 2.01 bits per heavy atom. The summed E-state index contributed by atoms with van der Waals surface area (Å²) < 4.78 is 0. The predicted molar refractivity (Wildman–Crippen MR) is 291 cm³/mol. The zero-order valence-corrected chi connectivity index (χ0v) is 44.4. The van der Waals surface area contributed by atoms with Gasteiger partial charge >= 0.3 is 0 Å². The fraction of sp³-hybridized carbons (Fsp3) is 0.440. The summed E-state index contributed by atoms with van der Waals surface area (Å²) in [6, 6.07) is 4.57. The van der Waals surface area contributed by atoms with E-state index >= 15 is 0 Å². The fourth-order valence-electron chi connectivity index (χ4n) is 8.59. The number of guanidine groups is 1. The third kappa shape index (κ3) is 18.3. The van der Waals surface area contributed by atoms with Gasteiger partial charge in [-0.2, -0.15) is 0 Å². The lowest BCUT2D eigenvalue weighted by Crippen LogP contribution is -2.61. The molecule has 28 heteroatoms. The molecule has 0 radical (unpaired) electrons. The van der Waals surface area contributed by atoms with Crippen molar-refractivity contribution in [2.45, 2.75) is 113 Å². The van der Waals surface area contributed by atoms with Gasteiger partial charge in [0.25, 0.3) is 0 Å². The Bertz CT molecular complexity index is 2790. The number of aromatic amines is 2. The Morgan fingerprint density at radius 1 is 0.679 bits per heavy atom. The van der Waals surface area contributed by atoms with E-state index in [9.17, 15) is 47.9 Å². The van der Waals surface area contributed by atoms with Crippen molar-refractivity contribution >= 4 is 97.5 Å². The first-order chi connectivity index (χ1) is 37.4. The average Bonchev–Trinajstić information content (AvgIpc) is 4.08. The lowest BCUT2D eigenvalue weighted by Gasteiger charge is -2.28. The molecule has 2 aliphatic rings. The number of carbonyl (C=O) groups excluding carboxylic acids is 10. The molecule has 17 N–H and O–H groups in total. The van der Waals surface area contributed by atoms with Gasteiger partial charge in [0.2, 0.25) is 59.1 Å². The van der Waals surface area contributed by atoms with Crippen LogP contribution in [0, 0.1) is 0 Å². The van der Waals surface area contributed by atoms with Crippen molar-refractivity contribution in [3.63, 3.8) is 0 Å². The standard InChI is InChI=1S/C50H66N16O10S2/c1-27(67)59-40-25-78-77-24-39(42(51)69)66-44(71)33-14-7-8-16-55-41(68)21-38(65-49(40)76)48(75)64-37(20-30-23-54-26-58-30)47(74)62-35(18-28-10-3-2-4-11-28)45(72)61-34(15-9-17-56-50(52)53)43(70)63-36(46(73)60-33)19-29-22-57-32-13-6-5-12-31(29)32/h2-6,10-13,22-23,26,33-40,57H,7-9,14-21,24-25H2,1H3,(H2,51,69)(H,54,58)(H,55,68)(H,59,67)(H,60,73)(H,61,72)(H,62,74)(H,63,70)(H,64,75)(H,65,76)(H,66,71)(H4,52,53,56)/t33-,34-,35+,36-,37-,38-,39-,40-/m0/s1. The summed E-state index contributed by atoms with van der Waals surface area (Å²) in [6.07, 6.45) is 3.75. The maximum Gasteiger partial charge on any atom is 0.244 e. The number of carbonyl (C=O) groups is 10. The molecule has 78 heavy (non-hydrogen) atoms. The van der Waals surface area contributed by atoms with Gasteiger partial charge in [0, 0.05) is 79.8 Å². The maximum atomic E-state index is 14.8. The van der Waals surface area contributed by atoms with Gasteiger partial charge in [0.05, 0.1) is 12.7 Å². The van der Waals surface area contributed by atoms with E-state index in [1.807, 2.05) is 18.2 Å². The molecule has 0 unspecified atom stereocenters. The Hall–Kier alpha value is -8.14. The van der Waals surface area contributed by atoms with Crippen LogP contribution < -0.4 is 65.1 Å². The molecule has 418 valence electrons. The molecule has 0 saturated carbocycles. The van der Waals surface area contributed by atoms with Crippen LogP contribution in [0.4, 0.5) is 0 Å². The number of benzene rings is 2. The number of nitrogens with zero attached hydrogens (tertiary/aromatic N) is 2. The number of aliphatic imine (C=N–C) groups is 1. The van der Waals surface area contributed by atoms with E-state index in [0.29, 0.717) is 16.8 Å². The number of fused-ring (bicyclic) bond motifs is 9. The molecule has 6 rings (SSSR count). The molecule has 8 atom stereocenters. The Kier molecular flexibility index (Phi) is 22.3. The van der Waals surface area contributed by atoms with Crippen molar-refractivity contribution in [1.29, 1.82) is 0 Å². The van der Waals surface area contributed by atoms with E-state index in [1.54, 1.807) is 42.6 Å². The highest BCUT2D eigenvalue weighted by atomic mass is 33.1. The molecule has 4 aromatic rings. The second kappa shape index (κ2) is 29.4. The van der Waals surface area contributed by atoms with Gasteiger partial charge in [-0.1, -0.05) is 70.1 Å². The van der Waals surface area contributed by atoms with Crippen molar-refractivity contribution in [2.75, 3.05) is 24.6 Å². The van der Waals surface area contributed by atoms with Gasteiger partial charge < -0.3 is 75.0 Å². The minimum atomic E-state index is -1.65. The predicted octanol–water partition coefficient (Wildman–Crippen LogP) is -2.56. The highest BCUT2D eigenvalue weighted by Crippen LogP contribution is 2.24. The zero-order valence-electron chi connectivity index (χ0n) is 42.8. The number of nitrogens with two attached hydrogens (primary N) is 3. The number of amides is 10. The van der Waals surface area contributed by atoms with Crippen molar-refractivity contribution in [1.82, 2.24) is 62.8 Å². The Labute approximate surface area is 456 Å². The van der Waals surface area contributed by atoms with Gasteiger partial charge in [-0.3, -0.25) is 52.9 Å². The molecule has 4 heterocycles. The van der Waals surface area contributed by atoms with Crippen LogP contribution in [0.3, 0.4) is 0 Å². The summed E-state index contributed by atoms with van der Waals surface area (Å²) in [6.45, 7) is 1.20. The maximum absolute atomic E-state index is 14.8. The molecular formula is C50H66N16O10S2. The molecule has 2 aliphatic heterocycles. The Morgan fingerprint density at radius 2 is 1.31 bits per heavy atom. The lowest BCUT2D eigenvalue weighted by molar-refractivity contribution is -0.136. The average molecular weight is 1120 g/mol. The van der Waals surface area contributed by atoms with Crippen LogP contribution in [0.1, 0.15) is 62.3 Å². The normalized spacial score (nSPS) is 24.1. The molecule has 10 amide bonds. The molecule has 2 aromatic carbocycles. The number of imidazole rings is 1. The number of aromatic nitrogens is 3. The van der Waals surface area contributed by atoms with Gasteiger partial charge in [0.1, 0.15) is 48.3 Å². The number of H-pyrrole nitrogens is 2. The van der Waals surface area contributed by atoms with E-state index in [1.165, 1.54) is 19.4 Å². The highest BCUT2D eigenvalue weighted by Gasteiger charge is 2.36. The Balaban J connectivity index is 1.46. The van der Waals surface area contributed by atoms with Gasteiger partial charge in [-0.15, -0.1) is 0 Å². The highest BCUT2D eigenvalue weighted by molar-refractivity contribution is 8.76. The summed E-state index contributed by atoms with van der Waals surface area (Å²) in [5.74, 6) is -8.75. The number of primary amides is 1. The SMILES string of the molecule is CC(=O)N[C@H]1CSSC[C@@H](C(N)=O)NC(=O)[C@@H]2CCCCNC(=O)C[C@H](NC1=O)C(=O)N[C@@H](Cc1cnc[nH]1)C(=O)N[C@H](Cc1ccccc1)C(=O)N[C@@H](CCCN=C(N)N)C(=O)N[C@@H](Cc1c[nH]c3ccccc13)C(=O)N2. The van der Waals surface area contributed by atoms with Crippen molar-refractivity contribution in [3.8, 4) is 0 Å². The van der Waals surface area contributed by atoms with E-state index in [0.717, 1.165) is 32.5 Å². The van der Waals surface area contributed by atoms with Crippen molar-refractivity contribution in [3.05, 3.63) is 90.1 Å². The molecule has 0 spiro atoms. The summed E-state index contributed by atoms with van der Waals surface area (Å²) in [4.78, 5) is 155. The van der Waals surface area contributed by atoms with Gasteiger partial charge in [-0.25, -0.2) is 4.98 Å². The number of hydrogen-bond acceptors (Lipinski definition) is 14. The minimum Gasteiger partial charge on any atom is -0.370 e. The number of rotatable bonds is 12. The summed E-state index contributed by atoms with van der Waals surface area (Å²) in [5, 5.41) is 24.9. The number of para-hydroxylation sites is 1. The third-order valence-electron chi connectivity index (χ3n) is 12.6. The molecule has 2 bridgehead atoms. The zero-order chi connectivity index (χ0) is 56.1. The van der Waals surface area contributed by atoms with Crippen LogP contribution in [0.2, 0.25) is 0 Å². The second-order valence-corrected chi connectivity index (χ2v) is 21.2. The molecule has 2 saturated heterocycles. The van der Waals surface area contributed by atoms with E-state index in [2.05, 4.69) is 67.8 Å². The van der Waals surface area contributed by atoms with Crippen LogP contribution >= 0.6 is 21.6 Å². The van der Waals surface area contributed by atoms with E-state index < -0.39 is 114 Å². The topological polar surface area (TPSA) is 414 Å². The molecule has 2 aromatic heterocycles. The summed E-state index contributed by atoms with van der Waals surface area (Å²) in [5.41, 5.74) is 19.3. The van der Waals surface area contributed by atoms with Crippen molar-refractivity contribution < 1.29 is 47.9 Å². The largest absolute Gasteiger partial charge is 0.370 e. The monoisotopic (exact) mass is 1110 g/mol. The molecule has 26 nitrogen and oxygen atoms in total. The van der Waals surface area contributed by atoms with E-state index in [-0.39, 0.29) is 81.9 Å². The van der Waals surface area contributed by atoms with Crippen LogP contribution in [-0.2, 0) is 67.2 Å². The van der Waals surface area contributed by atoms with Gasteiger partial charge in [0.15, 0.2) is 5.96 Å². The van der Waals surface area contributed by atoms with E-state index in [4.69, 9.17) is 17.2 Å². The number of hydrogen-bond donors (Lipinski definition) is 14. The third-order valence-corrected chi connectivity index (χ3v) is 15.1. The minimum absolute atomic E-state index is 0.00633. The van der Waals surface area contributed by atoms with Crippen LogP contribution in [0.15, 0.2) is 78.3 Å².